The molecule has 0 amide bonds. The molecule has 0 unspecified atom stereocenters. The van der Waals surface area contributed by atoms with Crippen molar-refractivity contribution in [3.63, 3.8) is 0 Å². The number of rotatable bonds is 6. The fourth-order valence-corrected chi connectivity index (χ4v) is 3.40. The Labute approximate surface area is 136 Å². The predicted molar refractivity (Wildman–Crippen MR) is 87.3 cm³/mol. The zero-order chi connectivity index (χ0) is 15.9. The summed E-state index contributed by atoms with van der Waals surface area (Å²) in [7, 11) is 3.46. The smallest absolute Gasteiger partial charge is 0.154 e. The topological polar surface area (TPSA) is 49.2 Å². The number of hydrogen-bond acceptors (Lipinski definition) is 4. The Bertz CT molecular complexity index is 685. The second kappa shape index (κ2) is 5.64. The van der Waals surface area contributed by atoms with E-state index in [9.17, 15) is 0 Å². The molecule has 5 heteroatoms. The molecule has 2 saturated carbocycles. The summed E-state index contributed by atoms with van der Waals surface area (Å²) in [6, 6.07) is 8.04. The van der Waals surface area contributed by atoms with Crippen LogP contribution in [0.15, 0.2) is 24.3 Å². The number of ether oxygens (including phenoxy) is 2. The molecule has 2 aliphatic rings. The number of aromatic nitrogens is 3. The fraction of sp³-hybridized carbons (Fsp3) is 0.556. The molecule has 4 rings (SSSR count). The van der Waals surface area contributed by atoms with Crippen LogP contribution in [0.4, 0.5) is 0 Å². The number of nitrogens with zero attached hydrogens (tertiary/aromatic N) is 3. The van der Waals surface area contributed by atoms with Crippen LogP contribution in [0, 0.1) is 0 Å². The van der Waals surface area contributed by atoms with Gasteiger partial charge in [0.05, 0.1) is 24.8 Å². The van der Waals surface area contributed by atoms with E-state index in [1.54, 1.807) is 14.2 Å². The Morgan fingerprint density at radius 2 is 1.91 bits per heavy atom. The lowest BCUT2D eigenvalue weighted by atomic mass is 9.68. The summed E-state index contributed by atoms with van der Waals surface area (Å²) in [5.74, 6) is 3.47. The Balaban J connectivity index is 1.77. The van der Waals surface area contributed by atoms with Crippen LogP contribution >= 0.6 is 0 Å². The molecule has 0 radical (unpaired) electrons. The maximum absolute atomic E-state index is 5.52. The van der Waals surface area contributed by atoms with Crippen LogP contribution in [0.5, 0.6) is 5.75 Å². The predicted octanol–water partition coefficient (Wildman–Crippen LogP) is 3.22. The molecular formula is C18H23N3O2. The monoisotopic (exact) mass is 313 g/mol. The Hall–Kier alpha value is -1.88. The molecule has 122 valence electrons. The van der Waals surface area contributed by atoms with Crippen molar-refractivity contribution >= 4 is 0 Å². The third-order valence-electron chi connectivity index (χ3n) is 5.09. The van der Waals surface area contributed by atoms with Crippen LogP contribution < -0.4 is 4.74 Å². The largest absolute Gasteiger partial charge is 0.497 e. The summed E-state index contributed by atoms with van der Waals surface area (Å²) in [4.78, 5) is 4.94. The fourth-order valence-electron chi connectivity index (χ4n) is 3.40. The van der Waals surface area contributed by atoms with Gasteiger partial charge in [-0.1, -0.05) is 6.42 Å². The first-order valence-corrected chi connectivity index (χ1v) is 8.36. The first kappa shape index (κ1) is 14.7. The first-order chi connectivity index (χ1) is 11.3. The van der Waals surface area contributed by atoms with Crippen LogP contribution in [-0.4, -0.2) is 35.6 Å². The van der Waals surface area contributed by atoms with Gasteiger partial charge in [0.25, 0.3) is 0 Å². The second-order valence-electron chi connectivity index (χ2n) is 6.74. The quantitative estimate of drug-likeness (QED) is 0.821. The van der Waals surface area contributed by atoms with Gasteiger partial charge in [-0.15, -0.1) is 0 Å². The van der Waals surface area contributed by atoms with Gasteiger partial charge in [-0.05, 0) is 49.9 Å². The molecule has 2 fully saturated rings. The van der Waals surface area contributed by atoms with E-state index in [1.165, 1.54) is 19.3 Å². The molecule has 5 nitrogen and oxygen atoms in total. The van der Waals surface area contributed by atoms with Crippen molar-refractivity contribution in [2.24, 2.45) is 0 Å². The number of methoxy groups -OCH3 is 2. The van der Waals surface area contributed by atoms with Gasteiger partial charge in [0.1, 0.15) is 11.6 Å². The molecule has 23 heavy (non-hydrogen) atoms. The average Bonchev–Trinajstić information content (AvgIpc) is 3.30. The van der Waals surface area contributed by atoms with E-state index in [0.29, 0.717) is 12.5 Å². The number of benzene rings is 1. The van der Waals surface area contributed by atoms with Gasteiger partial charge in [0, 0.05) is 13.0 Å². The van der Waals surface area contributed by atoms with Crippen LogP contribution in [0.25, 0.3) is 5.69 Å². The molecule has 0 aliphatic heterocycles. The highest BCUT2D eigenvalue weighted by Crippen LogP contribution is 2.45. The van der Waals surface area contributed by atoms with Gasteiger partial charge in [0.2, 0.25) is 0 Å². The highest BCUT2D eigenvalue weighted by atomic mass is 16.5. The van der Waals surface area contributed by atoms with Crippen molar-refractivity contribution < 1.29 is 9.47 Å². The van der Waals surface area contributed by atoms with E-state index < -0.39 is 0 Å². The van der Waals surface area contributed by atoms with Gasteiger partial charge >= 0.3 is 0 Å². The summed E-state index contributed by atoms with van der Waals surface area (Å²) in [5.41, 5.74) is 1.07. The van der Waals surface area contributed by atoms with Crippen LogP contribution in [-0.2, 0) is 10.2 Å². The molecule has 1 aromatic carbocycles. The van der Waals surface area contributed by atoms with Gasteiger partial charge in [-0.25, -0.2) is 9.67 Å². The zero-order valence-corrected chi connectivity index (χ0v) is 13.8. The summed E-state index contributed by atoms with van der Waals surface area (Å²) in [6.07, 6.45) is 5.91. The zero-order valence-electron chi connectivity index (χ0n) is 13.8. The highest BCUT2D eigenvalue weighted by molar-refractivity contribution is 5.39. The third-order valence-corrected chi connectivity index (χ3v) is 5.09. The van der Waals surface area contributed by atoms with Gasteiger partial charge in [0.15, 0.2) is 5.82 Å². The summed E-state index contributed by atoms with van der Waals surface area (Å²) in [6.45, 7) is 0.714. The van der Waals surface area contributed by atoms with E-state index in [0.717, 1.165) is 35.9 Å². The molecule has 0 N–H and O–H groups in total. The molecule has 2 aromatic rings. The second-order valence-corrected chi connectivity index (χ2v) is 6.74. The lowest BCUT2D eigenvalue weighted by molar-refractivity contribution is 0.0716. The van der Waals surface area contributed by atoms with Crippen LogP contribution in [0.2, 0.25) is 0 Å². The minimum absolute atomic E-state index is 0.0226. The van der Waals surface area contributed by atoms with Gasteiger partial charge < -0.3 is 9.47 Å². The SMILES string of the molecule is COCC1(c2nc(C3CC3)nn2-c2ccc(OC)cc2)CCC1. The van der Waals surface area contributed by atoms with Crippen molar-refractivity contribution in [3.05, 3.63) is 35.9 Å². The highest BCUT2D eigenvalue weighted by Gasteiger charge is 2.44. The van der Waals surface area contributed by atoms with Crippen LogP contribution in [0.1, 0.15) is 49.7 Å². The lowest BCUT2D eigenvalue weighted by Gasteiger charge is -2.40. The Morgan fingerprint density at radius 3 is 2.43 bits per heavy atom. The Morgan fingerprint density at radius 1 is 1.17 bits per heavy atom. The molecule has 0 spiro atoms. The summed E-state index contributed by atoms with van der Waals surface area (Å²) < 4.78 is 12.8. The van der Waals surface area contributed by atoms with Crippen molar-refractivity contribution in [1.82, 2.24) is 14.8 Å². The van der Waals surface area contributed by atoms with E-state index >= 15 is 0 Å². The molecule has 0 saturated heterocycles. The molecule has 2 aliphatic carbocycles. The standard InChI is InChI=1S/C18H23N3O2/c1-22-12-18(10-3-11-18)17-19-16(13-4-5-13)20-21(17)14-6-8-15(23-2)9-7-14/h6-9,13H,3-5,10-12H2,1-2H3. The number of hydrogen-bond donors (Lipinski definition) is 0. The Kier molecular flexibility index (Phi) is 3.60. The minimum Gasteiger partial charge on any atom is -0.497 e. The molecular weight excluding hydrogens is 290 g/mol. The maximum atomic E-state index is 5.52. The molecule has 1 heterocycles. The third kappa shape index (κ3) is 2.53. The lowest BCUT2D eigenvalue weighted by Crippen LogP contribution is -2.41. The summed E-state index contributed by atoms with van der Waals surface area (Å²) in [5, 5.41) is 4.84. The molecule has 0 atom stereocenters. The van der Waals surface area contributed by atoms with Crippen molar-refractivity contribution in [1.29, 1.82) is 0 Å². The van der Waals surface area contributed by atoms with Gasteiger partial charge in [-0.3, -0.25) is 0 Å². The minimum atomic E-state index is 0.0226. The summed E-state index contributed by atoms with van der Waals surface area (Å²) >= 11 is 0. The van der Waals surface area contributed by atoms with Gasteiger partial charge in [-0.2, -0.15) is 5.10 Å². The van der Waals surface area contributed by atoms with E-state index in [2.05, 4.69) is 0 Å². The van der Waals surface area contributed by atoms with Crippen LogP contribution in [0.3, 0.4) is 0 Å². The van der Waals surface area contributed by atoms with E-state index in [1.807, 2.05) is 28.9 Å². The average molecular weight is 313 g/mol. The van der Waals surface area contributed by atoms with Crippen molar-refractivity contribution in [3.8, 4) is 11.4 Å². The maximum Gasteiger partial charge on any atom is 0.154 e. The first-order valence-electron chi connectivity index (χ1n) is 8.36. The van der Waals surface area contributed by atoms with Crippen molar-refractivity contribution in [2.75, 3.05) is 20.8 Å². The van der Waals surface area contributed by atoms with E-state index in [-0.39, 0.29) is 5.41 Å². The molecule has 1 aromatic heterocycles. The normalized spacial score (nSPS) is 19.4. The van der Waals surface area contributed by atoms with Crippen molar-refractivity contribution in [2.45, 2.75) is 43.4 Å². The molecule has 0 bridgehead atoms. The van der Waals surface area contributed by atoms with E-state index in [4.69, 9.17) is 19.6 Å².